The number of rotatable bonds is 10. The van der Waals surface area contributed by atoms with Gasteiger partial charge in [-0.3, -0.25) is 0 Å². The molecule has 0 aliphatic rings. The van der Waals surface area contributed by atoms with Gasteiger partial charge in [0.25, 0.3) is 0 Å². The SMILES string of the molecule is COc1ccc(Sc2cc(N(C)c3cccc(F)c3)nc(N[C@@H](CC(C)C)C(=O)O)n2)cc1. The number of halogens is 1. The number of aliphatic carboxylic acids is 1. The first-order valence-electron chi connectivity index (χ1n) is 10.4. The van der Waals surface area contributed by atoms with Gasteiger partial charge < -0.3 is 20.1 Å². The molecule has 174 valence electrons. The van der Waals surface area contributed by atoms with Crippen LogP contribution in [0.2, 0.25) is 0 Å². The fraction of sp³-hybridized carbons (Fsp3) is 0.292. The van der Waals surface area contributed by atoms with Gasteiger partial charge >= 0.3 is 5.97 Å². The first kappa shape index (κ1) is 24.3. The van der Waals surface area contributed by atoms with E-state index in [4.69, 9.17) is 4.74 Å². The lowest BCUT2D eigenvalue weighted by molar-refractivity contribution is -0.138. The number of methoxy groups -OCH3 is 1. The van der Waals surface area contributed by atoms with Crippen molar-refractivity contribution in [3.63, 3.8) is 0 Å². The Kier molecular flexibility index (Phi) is 8.11. The summed E-state index contributed by atoms with van der Waals surface area (Å²) in [5.41, 5.74) is 0.608. The van der Waals surface area contributed by atoms with Crippen LogP contribution in [0.3, 0.4) is 0 Å². The third kappa shape index (κ3) is 6.82. The number of aromatic nitrogens is 2. The molecule has 0 aliphatic heterocycles. The highest BCUT2D eigenvalue weighted by Crippen LogP contribution is 2.32. The first-order chi connectivity index (χ1) is 15.7. The molecule has 1 heterocycles. The maximum Gasteiger partial charge on any atom is 0.326 e. The minimum Gasteiger partial charge on any atom is -0.497 e. The smallest absolute Gasteiger partial charge is 0.326 e. The van der Waals surface area contributed by atoms with E-state index < -0.39 is 12.0 Å². The van der Waals surface area contributed by atoms with Gasteiger partial charge in [0.2, 0.25) is 5.95 Å². The van der Waals surface area contributed by atoms with Gasteiger partial charge in [0, 0.05) is 23.7 Å². The fourth-order valence-electron chi connectivity index (χ4n) is 3.13. The van der Waals surface area contributed by atoms with Gasteiger partial charge in [-0.15, -0.1) is 0 Å². The molecule has 0 saturated heterocycles. The molecule has 2 N–H and O–H groups in total. The van der Waals surface area contributed by atoms with Gasteiger partial charge in [0.1, 0.15) is 28.5 Å². The second-order valence-electron chi connectivity index (χ2n) is 7.87. The zero-order valence-electron chi connectivity index (χ0n) is 18.9. The number of hydrogen-bond acceptors (Lipinski definition) is 7. The highest BCUT2D eigenvalue weighted by molar-refractivity contribution is 7.99. The summed E-state index contributed by atoms with van der Waals surface area (Å²) >= 11 is 1.41. The maximum absolute atomic E-state index is 13.8. The van der Waals surface area contributed by atoms with Gasteiger partial charge in [-0.2, -0.15) is 4.98 Å². The van der Waals surface area contributed by atoms with Crippen LogP contribution in [0.15, 0.2) is 64.5 Å². The number of nitrogens with one attached hydrogen (secondary N) is 1. The van der Waals surface area contributed by atoms with Crippen LogP contribution in [0, 0.1) is 11.7 Å². The Morgan fingerprint density at radius 2 is 1.91 bits per heavy atom. The summed E-state index contributed by atoms with van der Waals surface area (Å²) in [6, 6.07) is 14.6. The van der Waals surface area contributed by atoms with Crippen LogP contribution in [-0.2, 0) is 4.79 Å². The second kappa shape index (κ2) is 11.0. The van der Waals surface area contributed by atoms with Gasteiger partial charge in [-0.25, -0.2) is 14.2 Å². The van der Waals surface area contributed by atoms with Gasteiger partial charge in [-0.1, -0.05) is 31.7 Å². The van der Waals surface area contributed by atoms with Crippen LogP contribution in [-0.4, -0.2) is 41.2 Å². The van der Waals surface area contributed by atoms with Crippen molar-refractivity contribution in [3.8, 4) is 5.75 Å². The van der Waals surface area contributed by atoms with Crippen molar-refractivity contribution in [2.45, 2.75) is 36.2 Å². The summed E-state index contributed by atoms with van der Waals surface area (Å²) in [4.78, 5) is 23.5. The number of nitrogens with zero attached hydrogens (tertiary/aromatic N) is 3. The Hall–Kier alpha value is -3.33. The molecule has 0 amide bonds. The Morgan fingerprint density at radius 3 is 2.52 bits per heavy atom. The molecule has 3 rings (SSSR count). The normalized spacial score (nSPS) is 11.8. The monoisotopic (exact) mass is 470 g/mol. The minimum absolute atomic E-state index is 0.171. The molecule has 0 bridgehead atoms. The van der Waals surface area contributed by atoms with E-state index in [0.717, 1.165) is 10.6 Å². The molecule has 0 radical (unpaired) electrons. The number of carbonyl (C=O) groups is 1. The van der Waals surface area contributed by atoms with E-state index in [1.54, 1.807) is 37.3 Å². The van der Waals surface area contributed by atoms with Crippen LogP contribution in [0.4, 0.5) is 21.8 Å². The van der Waals surface area contributed by atoms with Crippen LogP contribution < -0.4 is 15.0 Å². The number of carboxylic acid groups (broad SMARTS) is 1. The number of benzene rings is 2. The van der Waals surface area contributed by atoms with Crippen molar-refractivity contribution in [2.75, 3.05) is 24.4 Å². The molecule has 0 saturated carbocycles. The Balaban J connectivity index is 1.97. The lowest BCUT2D eigenvalue weighted by Gasteiger charge is -2.21. The Morgan fingerprint density at radius 1 is 1.18 bits per heavy atom. The number of anilines is 3. The zero-order chi connectivity index (χ0) is 24.0. The van der Waals surface area contributed by atoms with E-state index in [1.807, 2.05) is 38.1 Å². The molecule has 0 unspecified atom stereocenters. The summed E-state index contributed by atoms with van der Waals surface area (Å²) < 4.78 is 19.0. The summed E-state index contributed by atoms with van der Waals surface area (Å²) in [6.45, 7) is 3.91. The van der Waals surface area contributed by atoms with E-state index in [0.29, 0.717) is 23.0 Å². The van der Waals surface area contributed by atoms with E-state index in [-0.39, 0.29) is 17.7 Å². The standard InChI is InChI=1S/C24H27FN4O3S/c1-15(2)12-20(23(30)31)26-24-27-21(29(3)17-7-5-6-16(25)13-17)14-22(28-24)33-19-10-8-18(32-4)9-11-19/h5-11,13-15,20H,12H2,1-4H3,(H,30,31)(H,26,27,28)/t20-/m0/s1. The molecule has 3 aromatic rings. The van der Waals surface area contributed by atoms with Gasteiger partial charge in [0.15, 0.2) is 0 Å². The fourth-order valence-corrected chi connectivity index (χ4v) is 3.94. The summed E-state index contributed by atoms with van der Waals surface area (Å²) in [7, 11) is 3.38. The van der Waals surface area contributed by atoms with Gasteiger partial charge in [0.05, 0.1) is 7.11 Å². The van der Waals surface area contributed by atoms with Gasteiger partial charge in [-0.05, 0) is 54.8 Å². The number of ether oxygens (including phenoxy) is 1. The van der Waals surface area contributed by atoms with Crippen molar-refractivity contribution >= 4 is 35.2 Å². The molecule has 1 aromatic heterocycles. The van der Waals surface area contributed by atoms with E-state index in [9.17, 15) is 14.3 Å². The molecule has 9 heteroatoms. The summed E-state index contributed by atoms with van der Waals surface area (Å²) in [6.07, 6.45) is 0.420. The summed E-state index contributed by atoms with van der Waals surface area (Å²) in [5, 5.41) is 13.2. The van der Waals surface area contributed by atoms with Crippen LogP contribution in [0.25, 0.3) is 0 Å². The van der Waals surface area contributed by atoms with Crippen molar-refractivity contribution in [2.24, 2.45) is 5.92 Å². The topological polar surface area (TPSA) is 87.6 Å². The predicted molar refractivity (Wildman–Crippen MR) is 128 cm³/mol. The highest BCUT2D eigenvalue weighted by Gasteiger charge is 2.21. The summed E-state index contributed by atoms with van der Waals surface area (Å²) in [5.74, 6) is 0.282. The molecule has 0 spiro atoms. The Labute approximate surface area is 197 Å². The molecule has 2 aromatic carbocycles. The van der Waals surface area contributed by atoms with Crippen molar-refractivity contribution < 1.29 is 19.0 Å². The maximum atomic E-state index is 13.8. The van der Waals surface area contributed by atoms with Crippen LogP contribution in [0.1, 0.15) is 20.3 Å². The molecule has 33 heavy (non-hydrogen) atoms. The van der Waals surface area contributed by atoms with E-state index in [1.165, 1.54) is 23.9 Å². The third-order valence-electron chi connectivity index (χ3n) is 4.82. The lowest BCUT2D eigenvalue weighted by Crippen LogP contribution is -2.31. The van der Waals surface area contributed by atoms with Crippen LogP contribution >= 0.6 is 11.8 Å². The molecular weight excluding hydrogens is 443 g/mol. The molecule has 0 aliphatic carbocycles. The zero-order valence-corrected chi connectivity index (χ0v) is 19.8. The van der Waals surface area contributed by atoms with Crippen LogP contribution in [0.5, 0.6) is 5.75 Å². The quantitative estimate of drug-likeness (QED) is 0.378. The second-order valence-corrected chi connectivity index (χ2v) is 8.96. The number of hydrogen-bond donors (Lipinski definition) is 2. The molecule has 0 fully saturated rings. The first-order valence-corrected chi connectivity index (χ1v) is 11.3. The number of carboxylic acids is 1. The largest absolute Gasteiger partial charge is 0.497 e. The van der Waals surface area contributed by atoms with E-state index >= 15 is 0 Å². The lowest BCUT2D eigenvalue weighted by atomic mass is 10.0. The third-order valence-corrected chi connectivity index (χ3v) is 5.74. The average molecular weight is 471 g/mol. The van der Waals surface area contributed by atoms with E-state index in [2.05, 4.69) is 15.3 Å². The van der Waals surface area contributed by atoms with Crippen molar-refractivity contribution in [1.82, 2.24) is 9.97 Å². The molecule has 1 atom stereocenters. The van der Waals surface area contributed by atoms with Crippen molar-refractivity contribution in [3.05, 3.63) is 60.4 Å². The molecule has 7 nitrogen and oxygen atoms in total. The Bertz CT molecular complexity index is 1100. The van der Waals surface area contributed by atoms with Crippen molar-refractivity contribution in [1.29, 1.82) is 0 Å². The predicted octanol–water partition coefficient (Wildman–Crippen LogP) is 5.45. The average Bonchev–Trinajstić information content (AvgIpc) is 2.78. The molecular formula is C24H27FN4O3S. The minimum atomic E-state index is -0.972. The highest BCUT2D eigenvalue weighted by atomic mass is 32.2.